The maximum absolute atomic E-state index is 13.2. The number of hydrogen-bond donors (Lipinski definition) is 1. The molecule has 0 unspecified atom stereocenters. The van der Waals surface area contributed by atoms with Gasteiger partial charge in [0.05, 0.1) is 9.72 Å². The zero-order valence-electron chi connectivity index (χ0n) is 15.5. The van der Waals surface area contributed by atoms with E-state index in [0.29, 0.717) is 10.6 Å². The van der Waals surface area contributed by atoms with Gasteiger partial charge in [0.2, 0.25) is 10.0 Å². The Hall–Kier alpha value is -1.99. The highest BCUT2D eigenvalue weighted by molar-refractivity contribution is 9.09. The number of benzene rings is 3. The lowest BCUT2D eigenvalue weighted by molar-refractivity contribution is 0.0952. The molecule has 0 fully saturated rings. The second-order valence-corrected chi connectivity index (χ2v) is 9.73. The molecule has 1 N–H and O–H groups in total. The molecule has 3 aromatic rings. The normalized spacial score (nSPS) is 13.6. The van der Waals surface area contributed by atoms with Gasteiger partial charge >= 0.3 is 0 Å². The molecule has 29 heavy (non-hydrogen) atoms. The van der Waals surface area contributed by atoms with E-state index >= 15 is 0 Å². The second-order valence-electron chi connectivity index (χ2n) is 6.60. The van der Waals surface area contributed by atoms with Crippen LogP contribution in [0.4, 0.5) is 0 Å². The van der Waals surface area contributed by atoms with Crippen LogP contribution >= 0.6 is 27.5 Å². The first-order chi connectivity index (χ1) is 13.8. The quantitative estimate of drug-likeness (QED) is 0.359. The number of ketones is 1. The van der Waals surface area contributed by atoms with Gasteiger partial charge in [-0.3, -0.25) is 4.79 Å². The molecule has 0 heterocycles. The number of aryl methyl sites for hydroxylation is 1. The molecule has 0 amide bonds. The zero-order valence-corrected chi connectivity index (χ0v) is 18.7. The van der Waals surface area contributed by atoms with Gasteiger partial charge in [-0.1, -0.05) is 75.6 Å². The van der Waals surface area contributed by atoms with Crippen LogP contribution in [-0.4, -0.2) is 20.2 Å². The van der Waals surface area contributed by atoms with Gasteiger partial charge in [-0.2, -0.15) is 4.72 Å². The summed E-state index contributed by atoms with van der Waals surface area (Å²) in [7, 11) is -3.92. The van der Waals surface area contributed by atoms with Crippen LogP contribution in [0.15, 0.2) is 83.8 Å². The second kappa shape index (κ2) is 9.22. The number of sulfonamides is 1. The van der Waals surface area contributed by atoms with E-state index in [1.165, 1.54) is 12.1 Å². The fourth-order valence-corrected chi connectivity index (χ4v) is 5.01. The van der Waals surface area contributed by atoms with Crippen LogP contribution < -0.4 is 4.72 Å². The SMILES string of the molecule is Cc1ccc(S(=O)(=O)N[C@H](C(=O)c2ccc(Cl)cc2)[C@@H](Br)c2ccccc2)cc1. The van der Waals surface area contributed by atoms with Crippen molar-refractivity contribution in [1.29, 1.82) is 0 Å². The number of hydrogen-bond acceptors (Lipinski definition) is 3. The summed E-state index contributed by atoms with van der Waals surface area (Å²) in [5.74, 6) is -0.358. The lowest BCUT2D eigenvalue weighted by Crippen LogP contribution is -2.43. The van der Waals surface area contributed by atoms with Gasteiger partial charge in [0.15, 0.2) is 5.78 Å². The Morgan fingerprint density at radius 1 is 0.931 bits per heavy atom. The fourth-order valence-electron chi connectivity index (χ4n) is 2.82. The molecule has 4 nitrogen and oxygen atoms in total. The summed E-state index contributed by atoms with van der Waals surface area (Å²) >= 11 is 9.45. The molecule has 0 bridgehead atoms. The Morgan fingerprint density at radius 3 is 2.10 bits per heavy atom. The molecular weight excluding hydrogens is 474 g/mol. The van der Waals surface area contributed by atoms with Crippen molar-refractivity contribution in [2.45, 2.75) is 22.7 Å². The Labute approximate surface area is 184 Å². The van der Waals surface area contributed by atoms with Crippen molar-refractivity contribution < 1.29 is 13.2 Å². The lowest BCUT2D eigenvalue weighted by atomic mass is 9.98. The van der Waals surface area contributed by atoms with Crippen molar-refractivity contribution in [3.63, 3.8) is 0 Å². The van der Waals surface area contributed by atoms with Crippen LogP contribution in [-0.2, 0) is 10.0 Å². The maximum Gasteiger partial charge on any atom is 0.241 e. The monoisotopic (exact) mass is 491 g/mol. The molecular formula is C22H19BrClNO3S. The molecule has 0 aromatic heterocycles. The Kier molecular flexibility index (Phi) is 6.90. The summed E-state index contributed by atoms with van der Waals surface area (Å²) in [6.45, 7) is 1.88. The van der Waals surface area contributed by atoms with E-state index in [1.807, 2.05) is 37.3 Å². The molecule has 0 saturated heterocycles. The largest absolute Gasteiger partial charge is 0.292 e. The number of nitrogens with one attached hydrogen (secondary N) is 1. The minimum atomic E-state index is -3.92. The number of carbonyl (C=O) groups excluding carboxylic acids is 1. The third-order valence-electron chi connectivity index (χ3n) is 4.44. The highest BCUT2D eigenvalue weighted by atomic mass is 79.9. The Balaban J connectivity index is 1.99. The lowest BCUT2D eigenvalue weighted by Gasteiger charge is -2.23. The molecule has 3 aromatic carbocycles. The van der Waals surface area contributed by atoms with Crippen molar-refractivity contribution in [2.75, 3.05) is 0 Å². The molecule has 0 aliphatic rings. The molecule has 3 rings (SSSR count). The van der Waals surface area contributed by atoms with Gasteiger partial charge < -0.3 is 0 Å². The summed E-state index contributed by atoms with van der Waals surface area (Å²) in [6, 6.07) is 21.0. The average molecular weight is 493 g/mol. The van der Waals surface area contributed by atoms with Crippen molar-refractivity contribution in [3.05, 3.63) is 101 Å². The molecule has 2 atom stereocenters. The van der Waals surface area contributed by atoms with Crippen LogP contribution in [0, 0.1) is 6.92 Å². The average Bonchev–Trinajstić information content (AvgIpc) is 2.72. The number of rotatable bonds is 7. The maximum atomic E-state index is 13.2. The number of carbonyl (C=O) groups is 1. The number of Topliss-reactive ketones (excluding diaryl/α,β-unsaturated/α-hetero) is 1. The van der Waals surface area contributed by atoms with Crippen LogP contribution in [0.2, 0.25) is 5.02 Å². The van der Waals surface area contributed by atoms with Gasteiger partial charge in [0.1, 0.15) is 6.04 Å². The smallest absolute Gasteiger partial charge is 0.241 e. The minimum absolute atomic E-state index is 0.102. The summed E-state index contributed by atoms with van der Waals surface area (Å²) in [5, 5.41) is 0.497. The van der Waals surface area contributed by atoms with E-state index < -0.39 is 20.9 Å². The van der Waals surface area contributed by atoms with Gasteiger partial charge in [-0.25, -0.2) is 8.42 Å². The molecule has 0 saturated carbocycles. The van der Waals surface area contributed by atoms with Crippen LogP contribution in [0.5, 0.6) is 0 Å². The van der Waals surface area contributed by atoms with Crippen molar-refractivity contribution in [2.24, 2.45) is 0 Å². The van der Waals surface area contributed by atoms with Gasteiger partial charge in [0.25, 0.3) is 0 Å². The van der Waals surface area contributed by atoms with E-state index in [-0.39, 0.29) is 10.7 Å². The van der Waals surface area contributed by atoms with Crippen LogP contribution in [0.25, 0.3) is 0 Å². The van der Waals surface area contributed by atoms with Crippen molar-refractivity contribution in [1.82, 2.24) is 4.72 Å². The van der Waals surface area contributed by atoms with Crippen LogP contribution in [0.1, 0.15) is 26.3 Å². The predicted octanol–water partition coefficient (Wildman–Crippen LogP) is 5.31. The molecule has 0 radical (unpaired) electrons. The molecule has 0 aliphatic heterocycles. The molecule has 7 heteroatoms. The summed E-state index contributed by atoms with van der Waals surface area (Å²) in [4.78, 5) is 12.8. The zero-order chi connectivity index (χ0) is 21.0. The van der Waals surface area contributed by atoms with E-state index in [2.05, 4.69) is 20.7 Å². The van der Waals surface area contributed by atoms with Gasteiger partial charge in [-0.15, -0.1) is 0 Å². The number of halogens is 2. The van der Waals surface area contributed by atoms with E-state index in [9.17, 15) is 13.2 Å². The standard InChI is InChI=1S/C22H19BrClNO3S/c1-15-7-13-19(14-8-15)29(27,28)25-21(20(23)16-5-3-2-4-6-16)22(26)17-9-11-18(24)12-10-17/h2-14,20-21,25H,1H3/t20-,21-/m0/s1. The van der Waals surface area contributed by atoms with Crippen molar-refractivity contribution >= 4 is 43.3 Å². The van der Waals surface area contributed by atoms with Crippen LogP contribution in [0.3, 0.4) is 0 Å². The highest BCUT2D eigenvalue weighted by Gasteiger charge is 2.33. The number of alkyl halides is 1. The molecule has 0 spiro atoms. The van der Waals surface area contributed by atoms with Gasteiger partial charge in [-0.05, 0) is 48.9 Å². The topological polar surface area (TPSA) is 63.2 Å². The first kappa shape index (κ1) is 21.7. The predicted molar refractivity (Wildman–Crippen MR) is 119 cm³/mol. The van der Waals surface area contributed by atoms with Gasteiger partial charge in [0, 0.05) is 10.6 Å². The molecule has 0 aliphatic carbocycles. The third kappa shape index (κ3) is 5.34. The van der Waals surface area contributed by atoms with E-state index in [4.69, 9.17) is 11.6 Å². The highest BCUT2D eigenvalue weighted by Crippen LogP contribution is 2.30. The van der Waals surface area contributed by atoms with E-state index in [1.54, 1.807) is 36.4 Å². The summed E-state index contributed by atoms with van der Waals surface area (Å²) in [5.41, 5.74) is 2.10. The third-order valence-corrected chi connectivity index (χ3v) is 7.20. The Bertz CT molecular complexity index is 1090. The van der Waals surface area contributed by atoms with Crippen molar-refractivity contribution in [3.8, 4) is 0 Å². The molecule has 150 valence electrons. The first-order valence-corrected chi connectivity index (χ1v) is 11.6. The Morgan fingerprint density at radius 2 is 1.52 bits per heavy atom. The minimum Gasteiger partial charge on any atom is -0.292 e. The summed E-state index contributed by atoms with van der Waals surface area (Å²) in [6.07, 6.45) is 0. The fraction of sp³-hybridized carbons (Fsp3) is 0.136. The van der Waals surface area contributed by atoms with E-state index in [0.717, 1.165) is 11.1 Å². The first-order valence-electron chi connectivity index (χ1n) is 8.86. The summed E-state index contributed by atoms with van der Waals surface area (Å²) < 4.78 is 28.5.